The average molecular weight is 295 g/mol. The molecule has 0 aromatic heterocycles. The Balaban J connectivity index is 2.96. The molecule has 0 saturated heterocycles. The fourth-order valence-electron chi connectivity index (χ4n) is 1.43. The van der Waals surface area contributed by atoms with E-state index in [4.69, 9.17) is 0 Å². The van der Waals surface area contributed by atoms with Gasteiger partial charge in [-0.25, -0.2) is 4.39 Å². The monoisotopic (exact) mass is 295 g/mol. The van der Waals surface area contributed by atoms with E-state index >= 15 is 0 Å². The van der Waals surface area contributed by atoms with Crippen LogP contribution in [0.1, 0.15) is 44.9 Å². The van der Waals surface area contributed by atoms with Crippen molar-refractivity contribution in [3.8, 4) is 0 Å². The van der Waals surface area contributed by atoms with Crippen LogP contribution in [0.2, 0.25) is 0 Å². The van der Waals surface area contributed by atoms with Crippen LogP contribution < -0.4 is 4.72 Å². The van der Waals surface area contributed by atoms with Crippen LogP contribution in [0.5, 0.6) is 0 Å². The fraction of sp³-hybridized carbons (Fsp3) is 0.538. The molecule has 0 aliphatic rings. The largest absolute Gasteiger partial charge is 0.419 e. The summed E-state index contributed by atoms with van der Waals surface area (Å²) in [5, 5.41) is 0. The predicted octanol–water partition coefficient (Wildman–Crippen LogP) is 4.94. The summed E-state index contributed by atoms with van der Waals surface area (Å²) < 4.78 is 54.5. The highest BCUT2D eigenvalue weighted by atomic mass is 32.2. The smallest absolute Gasteiger partial charge is 0.256 e. The van der Waals surface area contributed by atoms with E-state index in [2.05, 4.69) is 4.72 Å². The van der Waals surface area contributed by atoms with E-state index in [1.165, 1.54) is 24.1 Å². The summed E-state index contributed by atoms with van der Waals surface area (Å²) in [5.74, 6) is -1.20. The minimum atomic E-state index is -4.67. The first-order valence-electron chi connectivity index (χ1n) is 5.81. The molecule has 0 bridgehead atoms. The second kappa shape index (κ2) is 5.71. The van der Waals surface area contributed by atoms with Crippen molar-refractivity contribution in [3.05, 3.63) is 35.1 Å². The van der Waals surface area contributed by atoms with Crippen LogP contribution in [0, 0.1) is 5.82 Å². The summed E-state index contributed by atoms with van der Waals surface area (Å²) in [6, 6.07) is 2.83. The summed E-state index contributed by atoms with van der Waals surface area (Å²) in [7, 11) is 0. The van der Waals surface area contributed by atoms with Gasteiger partial charge in [0.25, 0.3) is 0 Å². The van der Waals surface area contributed by atoms with Gasteiger partial charge in [-0.3, -0.25) is 4.72 Å². The Morgan fingerprint density at radius 2 is 1.74 bits per heavy atom. The highest BCUT2D eigenvalue weighted by molar-refractivity contribution is 7.98. The van der Waals surface area contributed by atoms with E-state index < -0.39 is 23.6 Å². The van der Waals surface area contributed by atoms with Gasteiger partial charge in [-0.2, -0.15) is 13.2 Å². The first kappa shape index (κ1) is 16.3. The second-order valence-electron chi connectivity index (χ2n) is 5.26. The number of halogens is 4. The van der Waals surface area contributed by atoms with E-state index in [-0.39, 0.29) is 10.3 Å². The van der Waals surface area contributed by atoms with Crippen LogP contribution in [-0.4, -0.2) is 4.75 Å². The molecule has 19 heavy (non-hydrogen) atoms. The Kier molecular flexibility index (Phi) is 4.90. The molecule has 0 radical (unpaired) electrons. The van der Waals surface area contributed by atoms with E-state index in [0.717, 1.165) is 6.07 Å². The number of benzene rings is 1. The molecule has 1 atom stereocenters. The molecule has 1 unspecified atom stereocenters. The lowest BCUT2D eigenvalue weighted by Gasteiger charge is -2.23. The Labute approximate surface area is 114 Å². The summed E-state index contributed by atoms with van der Waals surface area (Å²) in [5.41, 5.74) is -1.20. The lowest BCUT2D eigenvalue weighted by molar-refractivity contribution is -0.140. The number of hydrogen-bond donors (Lipinski definition) is 1. The minimum Gasteiger partial charge on any atom is -0.256 e. The van der Waals surface area contributed by atoms with E-state index in [1.807, 2.05) is 20.8 Å². The van der Waals surface area contributed by atoms with Crippen molar-refractivity contribution in [1.29, 1.82) is 0 Å². The van der Waals surface area contributed by atoms with Crippen molar-refractivity contribution in [2.24, 2.45) is 0 Å². The lowest BCUT2D eigenvalue weighted by atomic mass is 10.0. The van der Waals surface area contributed by atoms with Crippen molar-refractivity contribution >= 4 is 11.9 Å². The molecular weight excluding hydrogens is 278 g/mol. The van der Waals surface area contributed by atoms with Gasteiger partial charge >= 0.3 is 6.18 Å². The molecule has 0 aliphatic heterocycles. The normalized spacial score (nSPS) is 14.5. The molecule has 0 aliphatic carbocycles. The molecule has 1 nitrogen and oxygen atoms in total. The fourth-order valence-corrected chi connectivity index (χ4v) is 2.09. The topological polar surface area (TPSA) is 12.0 Å². The number of hydrogen-bond acceptors (Lipinski definition) is 2. The van der Waals surface area contributed by atoms with Gasteiger partial charge < -0.3 is 0 Å². The standard InChI is InChI=1S/C13H17F4NS/c1-8(18-19-12(2,3)4)9-6-5-7-10(11(9)14)13(15,16)17/h5-8,18H,1-4H3. The van der Waals surface area contributed by atoms with Gasteiger partial charge in [-0.1, -0.05) is 24.1 Å². The Bertz CT molecular complexity index is 437. The van der Waals surface area contributed by atoms with Gasteiger partial charge in [0.05, 0.1) is 5.56 Å². The van der Waals surface area contributed by atoms with Gasteiger partial charge in [-0.05, 0) is 33.8 Å². The van der Waals surface area contributed by atoms with Crippen LogP contribution in [0.25, 0.3) is 0 Å². The molecule has 0 saturated carbocycles. The van der Waals surface area contributed by atoms with Crippen molar-refractivity contribution in [3.63, 3.8) is 0 Å². The predicted molar refractivity (Wildman–Crippen MR) is 70.3 cm³/mol. The van der Waals surface area contributed by atoms with Crippen molar-refractivity contribution in [2.75, 3.05) is 0 Å². The molecule has 0 amide bonds. The molecule has 1 rings (SSSR count). The SMILES string of the molecule is CC(NSC(C)(C)C)c1cccc(C(F)(F)F)c1F. The van der Waals surface area contributed by atoms with Gasteiger partial charge in [0, 0.05) is 16.4 Å². The Morgan fingerprint density at radius 1 is 1.16 bits per heavy atom. The van der Waals surface area contributed by atoms with Crippen LogP contribution in [0.4, 0.5) is 17.6 Å². The third-order valence-electron chi connectivity index (χ3n) is 2.34. The van der Waals surface area contributed by atoms with Crippen LogP contribution in [0.15, 0.2) is 18.2 Å². The zero-order valence-electron chi connectivity index (χ0n) is 11.2. The maximum atomic E-state index is 13.9. The number of nitrogens with one attached hydrogen (secondary N) is 1. The number of rotatable bonds is 3. The van der Waals surface area contributed by atoms with Crippen LogP contribution in [0.3, 0.4) is 0 Å². The summed E-state index contributed by atoms with van der Waals surface area (Å²) >= 11 is 1.36. The third kappa shape index (κ3) is 4.69. The molecule has 6 heteroatoms. The highest BCUT2D eigenvalue weighted by Gasteiger charge is 2.35. The summed E-state index contributed by atoms with van der Waals surface area (Å²) in [6.07, 6.45) is -4.67. The van der Waals surface area contributed by atoms with Gasteiger partial charge in [0.2, 0.25) is 0 Å². The molecule has 1 aromatic carbocycles. The summed E-state index contributed by atoms with van der Waals surface area (Å²) in [6.45, 7) is 7.51. The minimum absolute atomic E-state index is 0.0200. The van der Waals surface area contributed by atoms with E-state index in [1.54, 1.807) is 6.92 Å². The van der Waals surface area contributed by atoms with Gasteiger partial charge in [-0.15, -0.1) is 0 Å². The van der Waals surface area contributed by atoms with Gasteiger partial charge in [0.1, 0.15) is 5.82 Å². The summed E-state index contributed by atoms with van der Waals surface area (Å²) in [4.78, 5) is 0. The zero-order chi connectivity index (χ0) is 14.8. The van der Waals surface area contributed by atoms with Crippen molar-refractivity contribution in [1.82, 2.24) is 4.72 Å². The van der Waals surface area contributed by atoms with E-state index in [9.17, 15) is 17.6 Å². The second-order valence-corrected chi connectivity index (χ2v) is 6.93. The van der Waals surface area contributed by atoms with Crippen LogP contribution in [-0.2, 0) is 6.18 Å². The molecule has 1 N–H and O–H groups in total. The first-order valence-corrected chi connectivity index (χ1v) is 6.63. The lowest BCUT2D eigenvalue weighted by Crippen LogP contribution is -2.21. The molecule has 0 heterocycles. The number of alkyl halides is 3. The average Bonchev–Trinajstić information content (AvgIpc) is 2.23. The van der Waals surface area contributed by atoms with Crippen LogP contribution >= 0.6 is 11.9 Å². The molecule has 0 spiro atoms. The maximum absolute atomic E-state index is 13.9. The quantitative estimate of drug-likeness (QED) is 0.626. The highest BCUT2D eigenvalue weighted by Crippen LogP contribution is 2.34. The first-order chi connectivity index (χ1) is 8.52. The zero-order valence-corrected chi connectivity index (χ0v) is 12.0. The Hall–Kier alpha value is -0.750. The molecule has 1 aromatic rings. The third-order valence-corrected chi connectivity index (χ3v) is 3.43. The molecular formula is C13H17F4NS. The molecule has 108 valence electrons. The van der Waals surface area contributed by atoms with Crippen molar-refractivity contribution < 1.29 is 17.6 Å². The molecule has 0 fully saturated rings. The van der Waals surface area contributed by atoms with E-state index in [0.29, 0.717) is 0 Å². The maximum Gasteiger partial charge on any atom is 0.419 e. The van der Waals surface area contributed by atoms with Gasteiger partial charge in [0.15, 0.2) is 0 Å². The Morgan fingerprint density at radius 3 is 2.21 bits per heavy atom. The van der Waals surface area contributed by atoms with Crippen molar-refractivity contribution in [2.45, 2.75) is 44.7 Å².